The van der Waals surface area contributed by atoms with Gasteiger partial charge >= 0.3 is 6.18 Å². The molecular formula is C16H21F3O. The lowest BCUT2D eigenvalue weighted by atomic mass is 9.74. The lowest BCUT2D eigenvalue weighted by Gasteiger charge is -2.36. The van der Waals surface area contributed by atoms with Crippen molar-refractivity contribution in [2.45, 2.75) is 51.8 Å². The summed E-state index contributed by atoms with van der Waals surface area (Å²) < 4.78 is 39.3. The predicted octanol–water partition coefficient (Wildman–Crippen LogP) is 4.71. The highest BCUT2D eigenvalue weighted by Crippen LogP contribution is 2.46. The number of aliphatic hydroxyl groups is 1. The van der Waals surface area contributed by atoms with E-state index >= 15 is 0 Å². The van der Waals surface area contributed by atoms with Gasteiger partial charge in [0, 0.05) is 5.92 Å². The lowest BCUT2D eigenvalue weighted by Crippen LogP contribution is -2.36. The molecule has 112 valence electrons. The Balaban J connectivity index is 2.25. The van der Waals surface area contributed by atoms with Gasteiger partial charge in [-0.1, -0.05) is 31.0 Å². The molecule has 3 unspecified atom stereocenters. The van der Waals surface area contributed by atoms with E-state index in [1.165, 1.54) is 0 Å². The number of benzene rings is 1. The average Bonchev–Trinajstić information content (AvgIpc) is 2.40. The van der Waals surface area contributed by atoms with Gasteiger partial charge in [-0.3, -0.25) is 0 Å². The van der Waals surface area contributed by atoms with Gasteiger partial charge in [-0.2, -0.15) is 13.2 Å². The zero-order valence-electron chi connectivity index (χ0n) is 11.9. The predicted molar refractivity (Wildman–Crippen MR) is 72.4 cm³/mol. The lowest BCUT2D eigenvalue weighted by molar-refractivity contribution is -0.207. The van der Waals surface area contributed by atoms with Crippen molar-refractivity contribution in [3.63, 3.8) is 0 Å². The van der Waals surface area contributed by atoms with Crippen LogP contribution in [0.5, 0.6) is 0 Å². The third kappa shape index (κ3) is 3.17. The quantitative estimate of drug-likeness (QED) is 0.835. The van der Waals surface area contributed by atoms with Crippen LogP contribution < -0.4 is 0 Å². The first-order valence-electron chi connectivity index (χ1n) is 7.12. The molecule has 0 saturated heterocycles. The molecule has 4 heteroatoms. The minimum absolute atomic E-state index is 0.135. The molecule has 1 aromatic carbocycles. The smallest absolute Gasteiger partial charge is 0.388 e. The number of aryl methyl sites for hydroxylation is 2. The number of halogens is 3. The standard InChI is InChI=1S/C16H21F3O/c1-10-7-8-12(9-11(10)2)15(20)13-5-3-4-6-14(13)16(17,18)19/h7-9,13-15,20H,3-6H2,1-2H3. The Labute approximate surface area is 117 Å². The first-order valence-corrected chi connectivity index (χ1v) is 7.12. The number of hydrogen-bond donors (Lipinski definition) is 1. The fraction of sp³-hybridized carbons (Fsp3) is 0.625. The van der Waals surface area contributed by atoms with Crippen molar-refractivity contribution in [3.05, 3.63) is 34.9 Å². The molecule has 2 rings (SSSR count). The Kier molecular flexibility index (Phi) is 4.43. The van der Waals surface area contributed by atoms with Crippen LogP contribution in [-0.2, 0) is 0 Å². The Bertz CT molecular complexity index is 467. The molecule has 0 heterocycles. The van der Waals surface area contributed by atoms with Crippen molar-refractivity contribution in [2.24, 2.45) is 11.8 Å². The van der Waals surface area contributed by atoms with E-state index in [2.05, 4.69) is 0 Å². The van der Waals surface area contributed by atoms with Crippen LogP contribution in [-0.4, -0.2) is 11.3 Å². The maximum Gasteiger partial charge on any atom is 0.392 e. The molecule has 0 amide bonds. The minimum Gasteiger partial charge on any atom is -0.388 e. The SMILES string of the molecule is Cc1ccc(C(O)C2CCCCC2C(F)(F)F)cc1C. The molecule has 1 saturated carbocycles. The van der Waals surface area contributed by atoms with Crippen LogP contribution >= 0.6 is 0 Å². The third-order valence-electron chi connectivity index (χ3n) is 4.52. The molecular weight excluding hydrogens is 265 g/mol. The van der Waals surface area contributed by atoms with Crippen molar-refractivity contribution in [1.82, 2.24) is 0 Å². The van der Waals surface area contributed by atoms with E-state index in [1.807, 2.05) is 26.0 Å². The van der Waals surface area contributed by atoms with Crippen LogP contribution in [0, 0.1) is 25.7 Å². The van der Waals surface area contributed by atoms with Crippen LogP contribution in [0.1, 0.15) is 48.5 Å². The molecule has 1 aliphatic carbocycles. The summed E-state index contributed by atoms with van der Waals surface area (Å²) in [5.41, 5.74) is 2.69. The topological polar surface area (TPSA) is 20.2 Å². The Morgan fingerprint density at radius 2 is 1.75 bits per heavy atom. The summed E-state index contributed by atoms with van der Waals surface area (Å²) in [5.74, 6) is -2.10. The zero-order valence-corrected chi connectivity index (χ0v) is 11.9. The summed E-state index contributed by atoms with van der Waals surface area (Å²) in [6.07, 6.45) is -3.30. The van der Waals surface area contributed by atoms with Crippen LogP contribution in [0.3, 0.4) is 0 Å². The average molecular weight is 286 g/mol. The van der Waals surface area contributed by atoms with Crippen molar-refractivity contribution >= 4 is 0 Å². The first kappa shape index (κ1) is 15.4. The third-order valence-corrected chi connectivity index (χ3v) is 4.52. The van der Waals surface area contributed by atoms with E-state index in [0.717, 1.165) is 17.5 Å². The molecule has 1 aromatic rings. The van der Waals surface area contributed by atoms with Gasteiger partial charge < -0.3 is 5.11 Å². The summed E-state index contributed by atoms with van der Waals surface area (Å²) in [7, 11) is 0. The van der Waals surface area contributed by atoms with Crippen LogP contribution in [0.2, 0.25) is 0 Å². The van der Waals surface area contributed by atoms with Gasteiger partial charge in [0.25, 0.3) is 0 Å². The second kappa shape index (κ2) is 5.76. The summed E-state index contributed by atoms with van der Waals surface area (Å²) >= 11 is 0. The van der Waals surface area contributed by atoms with Gasteiger partial charge in [0.15, 0.2) is 0 Å². The molecule has 0 radical (unpaired) electrons. The van der Waals surface area contributed by atoms with Crippen molar-refractivity contribution in [3.8, 4) is 0 Å². The highest BCUT2D eigenvalue weighted by molar-refractivity contribution is 5.31. The summed E-state index contributed by atoms with van der Waals surface area (Å²) in [6.45, 7) is 3.86. The van der Waals surface area contributed by atoms with E-state index in [-0.39, 0.29) is 6.42 Å². The second-order valence-corrected chi connectivity index (χ2v) is 5.88. The molecule has 0 aromatic heterocycles. The van der Waals surface area contributed by atoms with Crippen molar-refractivity contribution < 1.29 is 18.3 Å². The van der Waals surface area contributed by atoms with E-state index in [1.54, 1.807) is 6.07 Å². The van der Waals surface area contributed by atoms with Gasteiger partial charge in [0.2, 0.25) is 0 Å². The molecule has 3 atom stereocenters. The van der Waals surface area contributed by atoms with Gasteiger partial charge in [-0.25, -0.2) is 0 Å². The number of alkyl halides is 3. The van der Waals surface area contributed by atoms with Crippen molar-refractivity contribution in [1.29, 1.82) is 0 Å². The van der Waals surface area contributed by atoms with Gasteiger partial charge in [-0.15, -0.1) is 0 Å². The Morgan fingerprint density at radius 3 is 2.35 bits per heavy atom. The van der Waals surface area contributed by atoms with Gasteiger partial charge in [0.1, 0.15) is 0 Å². The van der Waals surface area contributed by atoms with Crippen LogP contribution in [0.4, 0.5) is 13.2 Å². The molecule has 1 nitrogen and oxygen atoms in total. The number of hydrogen-bond acceptors (Lipinski definition) is 1. The fourth-order valence-corrected chi connectivity index (χ4v) is 3.14. The van der Waals surface area contributed by atoms with Gasteiger partial charge in [0.05, 0.1) is 12.0 Å². The number of aliphatic hydroxyl groups excluding tert-OH is 1. The van der Waals surface area contributed by atoms with Crippen molar-refractivity contribution in [2.75, 3.05) is 0 Å². The normalized spacial score (nSPS) is 25.5. The van der Waals surface area contributed by atoms with E-state index < -0.39 is 24.1 Å². The highest BCUT2D eigenvalue weighted by Gasteiger charge is 2.47. The summed E-state index contributed by atoms with van der Waals surface area (Å²) in [4.78, 5) is 0. The minimum atomic E-state index is -4.22. The van der Waals surface area contributed by atoms with E-state index in [0.29, 0.717) is 18.4 Å². The fourth-order valence-electron chi connectivity index (χ4n) is 3.14. The molecule has 1 fully saturated rings. The van der Waals surface area contributed by atoms with Crippen LogP contribution in [0.15, 0.2) is 18.2 Å². The Hall–Kier alpha value is -1.03. The first-order chi connectivity index (χ1) is 9.30. The maximum atomic E-state index is 13.1. The second-order valence-electron chi connectivity index (χ2n) is 5.88. The number of rotatable bonds is 2. The monoisotopic (exact) mass is 286 g/mol. The largest absolute Gasteiger partial charge is 0.392 e. The molecule has 1 N–H and O–H groups in total. The maximum absolute atomic E-state index is 13.1. The van der Waals surface area contributed by atoms with Gasteiger partial charge in [-0.05, 0) is 43.4 Å². The zero-order chi connectivity index (χ0) is 14.9. The van der Waals surface area contributed by atoms with E-state index in [9.17, 15) is 18.3 Å². The molecule has 1 aliphatic rings. The highest BCUT2D eigenvalue weighted by atomic mass is 19.4. The summed E-state index contributed by atoms with van der Waals surface area (Å²) in [5, 5.41) is 10.4. The van der Waals surface area contributed by atoms with E-state index in [4.69, 9.17) is 0 Å². The van der Waals surface area contributed by atoms with Crippen LogP contribution in [0.25, 0.3) is 0 Å². The molecule has 0 aliphatic heterocycles. The molecule has 0 bridgehead atoms. The Morgan fingerprint density at radius 1 is 1.10 bits per heavy atom. The summed E-state index contributed by atoms with van der Waals surface area (Å²) in [6, 6.07) is 5.41. The molecule has 0 spiro atoms. The molecule has 20 heavy (non-hydrogen) atoms.